The van der Waals surface area contributed by atoms with Crippen LogP contribution in [0.2, 0.25) is 0 Å². The van der Waals surface area contributed by atoms with E-state index in [1.807, 2.05) is 30.3 Å². The third-order valence-corrected chi connectivity index (χ3v) is 3.62. The van der Waals surface area contributed by atoms with Gasteiger partial charge in [-0.15, -0.1) is 0 Å². The lowest BCUT2D eigenvalue weighted by molar-refractivity contribution is 0.0932. The molecule has 0 unspecified atom stereocenters. The highest BCUT2D eigenvalue weighted by Gasteiger charge is 2.55. The summed E-state index contributed by atoms with van der Waals surface area (Å²) in [5, 5.41) is 9.61. The maximum absolute atomic E-state index is 12.2. The highest BCUT2D eigenvalue weighted by atomic mass is 16.3. The Hall–Kier alpha value is -1.15. The van der Waals surface area contributed by atoms with Crippen molar-refractivity contribution in [2.24, 2.45) is 17.8 Å². The number of hydrogen-bond acceptors (Lipinski definition) is 2. The van der Waals surface area contributed by atoms with Gasteiger partial charge in [0.25, 0.3) is 0 Å². The maximum Gasteiger partial charge on any atom is 0.166 e. The molecule has 0 bridgehead atoms. The van der Waals surface area contributed by atoms with Crippen LogP contribution in [-0.2, 0) is 0 Å². The number of carbonyl (C=O) groups excluding carboxylic acids is 1. The van der Waals surface area contributed by atoms with Gasteiger partial charge in [0.05, 0.1) is 6.10 Å². The largest absolute Gasteiger partial charge is 0.393 e. The van der Waals surface area contributed by atoms with Crippen LogP contribution in [-0.4, -0.2) is 17.0 Å². The molecule has 86 valence electrons. The molecule has 1 fully saturated rings. The van der Waals surface area contributed by atoms with Crippen LogP contribution in [0.25, 0.3) is 0 Å². The average Bonchev–Trinajstić information content (AvgIpc) is 3.03. The van der Waals surface area contributed by atoms with Crippen LogP contribution < -0.4 is 0 Å². The molecule has 1 aromatic rings. The van der Waals surface area contributed by atoms with Gasteiger partial charge in [-0.05, 0) is 18.8 Å². The van der Waals surface area contributed by atoms with E-state index in [2.05, 4.69) is 6.92 Å². The first-order chi connectivity index (χ1) is 7.66. The SMILES string of the molecule is CC[C@@H]1[C@@H](C(=O)c2ccccc2)[C@@H]1[C@@H](C)O. The molecule has 4 atom stereocenters. The highest BCUT2D eigenvalue weighted by molar-refractivity contribution is 6.00. The molecule has 1 aromatic carbocycles. The molecule has 0 radical (unpaired) electrons. The van der Waals surface area contributed by atoms with E-state index in [4.69, 9.17) is 0 Å². The van der Waals surface area contributed by atoms with Crippen molar-refractivity contribution in [2.75, 3.05) is 0 Å². The summed E-state index contributed by atoms with van der Waals surface area (Å²) >= 11 is 0. The van der Waals surface area contributed by atoms with E-state index >= 15 is 0 Å². The van der Waals surface area contributed by atoms with E-state index < -0.39 is 0 Å². The highest BCUT2D eigenvalue weighted by Crippen LogP contribution is 2.52. The van der Waals surface area contributed by atoms with Gasteiger partial charge in [0.1, 0.15) is 0 Å². The Morgan fingerprint density at radius 2 is 2.00 bits per heavy atom. The molecule has 0 saturated heterocycles. The van der Waals surface area contributed by atoms with Gasteiger partial charge < -0.3 is 5.11 Å². The van der Waals surface area contributed by atoms with Crippen molar-refractivity contribution in [2.45, 2.75) is 26.4 Å². The molecule has 0 aromatic heterocycles. The van der Waals surface area contributed by atoms with Crippen LogP contribution in [0.3, 0.4) is 0 Å². The molecule has 0 spiro atoms. The summed E-state index contributed by atoms with van der Waals surface area (Å²) in [5.74, 6) is 0.760. The van der Waals surface area contributed by atoms with Crippen LogP contribution >= 0.6 is 0 Å². The first-order valence-corrected chi connectivity index (χ1v) is 5.94. The van der Waals surface area contributed by atoms with E-state index in [1.165, 1.54) is 0 Å². The Labute approximate surface area is 96.3 Å². The van der Waals surface area contributed by atoms with Crippen molar-refractivity contribution in [1.82, 2.24) is 0 Å². The minimum atomic E-state index is -0.373. The number of ketones is 1. The smallest absolute Gasteiger partial charge is 0.166 e. The zero-order chi connectivity index (χ0) is 11.7. The first kappa shape index (κ1) is 11.3. The van der Waals surface area contributed by atoms with Crippen molar-refractivity contribution in [1.29, 1.82) is 0 Å². The minimum Gasteiger partial charge on any atom is -0.393 e. The van der Waals surface area contributed by atoms with Crippen LogP contribution in [0.4, 0.5) is 0 Å². The molecule has 0 aliphatic heterocycles. The molecule has 0 heterocycles. The molecule has 1 aliphatic rings. The summed E-state index contributed by atoms with van der Waals surface area (Å²) < 4.78 is 0. The molecule has 16 heavy (non-hydrogen) atoms. The van der Waals surface area contributed by atoms with Crippen LogP contribution in [0, 0.1) is 17.8 Å². The second-order valence-corrected chi connectivity index (χ2v) is 4.65. The van der Waals surface area contributed by atoms with E-state index in [1.54, 1.807) is 6.92 Å². The standard InChI is InChI=1S/C14H18O2/c1-3-11-12(9(2)15)13(11)14(16)10-7-5-4-6-8-10/h4-9,11-13,15H,3H2,1-2H3/t9-,11+,12-,13-/m1/s1. The molecule has 2 rings (SSSR count). The third kappa shape index (κ3) is 1.90. The fourth-order valence-electron chi connectivity index (χ4n) is 2.75. The van der Waals surface area contributed by atoms with Crippen LogP contribution in [0.15, 0.2) is 30.3 Å². The Balaban J connectivity index is 2.13. The predicted molar refractivity (Wildman–Crippen MR) is 63.2 cm³/mol. The number of hydrogen-bond donors (Lipinski definition) is 1. The van der Waals surface area contributed by atoms with Gasteiger partial charge in [-0.25, -0.2) is 0 Å². The zero-order valence-electron chi connectivity index (χ0n) is 9.76. The Kier molecular flexibility index (Phi) is 3.10. The first-order valence-electron chi connectivity index (χ1n) is 5.94. The van der Waals surface area contributed by atoms with E-state index in [-0.39, 0.29) is 23.7 Å². The molecule has 1 N–H and O–H groups in total. The van der Waals surface area contributed by atoms with Gasteiger partial charge in [0.15, 0.2) is 5.78 Å². The monoisotopic (exact) mass is 218 g/mol. The molecular formula is C14H18O2. The molecule has 1 aliphatic carbocycles. The topological polar surface area (TPSA) is 37.3 Å². The fraction of sp³-hybridized carbons (Fsp3) is 0.500. The van der Waals surface area contributed by atoms with Crippen molar-refractivity contribution in [3.63, 3.8) is 0 Å². The van der Waals surface area contributed by atoms with Crippen molar-refractivity contribution < 1.29 is 9.90 Å². The van der Waals surface area contributed by atoms with Gasteiger partial charge >= 0.3 is 0 Å². The number of rotatable bonds is 4. The van der Waals surface area contributed by atoms with Crippen molar-refractivity contribution in [3.8, 4) is 0 Å². The average molecular weight is 218 g/mol. The van der Waals surface area contributed by atoms with Gasteiger partial charge in [-0.1, -0.05) is 43.7 Å². The van der Waals surface area contributed by atoms with E-state index in [9.17, 15) is 9.90 Å². The number of benzene rings is 1. The van der Waals surface area contributed by atoms with Crippen molar-refractivity contribution in [3.05, 3.63) is 35.9 Å². The van der Waals surface area contributed by atoms with E-state index in [0.717, 1.165) is 12.0 Å². The van der Waals surface area contributed by atoms with E-state index in [0.29, 0.717) is 5.92 Å². The van der Waals surface area contributed by atoms with Gasteiger partial charge in [-0.3, -0.25) is 4.79 Å². The molecule has 1 saturated carbocycles. The second kappa shape index (κ2) is 4.38. The summed E-state index contributed by atoms with van der Waals surface area (Å²) in [4.78, 5) is 12.2. The van der Waals surface area contributed by atoms with Gasteiger partial charge in [0, 0.05) is 11.5 Å². The van der Waals surface area contributed by atoms with Crippen LogP contribution in [0.1, 0.15) is 30.6 Å². The summed E-state index contributed by atoms with van der Waals surface area (Å²) in [5.41, 5.74) is 0.772. The minimum absolute atomic E-state index is 0.0346. The quantitative estimate of drug-likeness (QED) is 0.788. The third-order valence-electron chi connectivity index (χ3n) is 3.62. The van der Waals surface area contributed by atoms with Gasteiger partial charge in [0.2, 0.25) is 0 Å². The lowest BCUT2D eigenvalue weighted by Gasteiger charge is -2.02. The Bertz CT molecular complexity index is 370. The molecular weight excluding hydrogens is 200 g/mol. The van der Waals surface area contributed by atoms with Crippen molar-refractivity contribution >= 4 is 5.78 Å². The Morgan fingerprint density at radius 1 is 1.38 bits per heavy atom. The molecule has 0 amide bonds. The number of Topliss-reactive ketones (excluding diaryl/α,β-unsaturated/α-hetero) is 1. The van der Waals surface area contributed by atoms with Crippen LogP contribution in [0.5, 0.6) is 0 Å². The second-order valence-electron chi connectivity index (χ2n) is 4.65. The summed E-state index contributed by atoms with van der Waals surface area (Å²) in [7, 11) is 0. The fourth-order valence-corrected chi connectivity index (χ4v) is 2.75. The number of aliphatic hydroxyl groups excluding tert-OH is 1. The Morgan fingerprint density at radius 3 is 2.44 bits per heavy atom. The normalized spacial score (nSPS) is 29.8. The lowest BCUT2D eigenvalue weighted by atomic mass is 10.0. The molecule has 2 heteroatoms. The summed E-state index contributed by atoms with van der Waals surface area (Å²) in [6, 6.07) is 9.38. The number of carbonyl (C=O) groups is 1. The molecule has 2 nitrogen and oxygen atoms in total. The lowest BCUT2D eigenvalue weighted by Crippen LogP contribution is -2.10. The summed E-state index contributed by atoms with van der Waals surface area (Å²) in [6.45, 7) is 3.86. The maximum atomic E-state index is 12.2. The summed E-state index contributed by atoms with van der Waals surface area (Å²) in [6.07, 6.45) is 0.598. The van der Waals surface area contributed by atoms with Gasteiger partial charge in [-0.2, -0.15) is 0 Å². The predicted octanol–water partition coefficient (Wildman–Crippen LogP) is 2.52. The zero-order valence-corrected chi connectivity index (χ0v) is 9.76. The number of aliphatic hydroxyl groups is 1.